The van der Waals surface area contributed by atoms with E-state index in [1.54, 1.807) is 0 Å². The molecular formula is C28H32N2O3-2. The molecule has 2 aromatic rings. The number of benzene rings is 2. The number of ketones is 1. The predicted molar refractivity (Wildman–Crippen MR) is 133 cm³/mol. The zero-order chi connectivity index (χ0) is 24.1. The lowest BCUT2D eigenvalue weighted by atomic mass is 9.65. The van der Waals surface area contributed by atoms with Crippen LogP contribution >= 0.6 is 0 Å². The highest BCUT2D eigenvalue weighted by atomic mass is 16.5. The van der Waals surface area contributed by atoms with Crippen molar-refractivity contribution in [2.45, 2.75) is 66.0 Å². The molecule has 0 bridgehead atoms. The van der Waals surface area contributed by atoms with E-state index in [2.05, 4.69) is 13.0 Å². The molecule has 2 aliphatic carbocycles. The minimum Gasteiger partial charge on any atom is -0.758 e. The highest BCUT2D eigenvalue weighted by molar-refractivity contribution is 5.97. The molecule has 2 unspecified atom stereocenters. The minimum atomic E-state index is -1.29. The average Bonchev–Trinajstić information content (AvgIpc) is 2.70. The van der Waals surface area contributed by atoms with Gasteiger partial charge >= 0.3 is 0 Å². The van der Waals surface area contributed by atoms with Gasteiger partial charge < -0.3 is 20.5 Å². The van der Waals surface area contributed by atoms with E-state index in [0.29, 0.717) is 22.9 Å². The molecule has 0 saturated heterocycles. The van der Waals surface area contributed by atoms with Crippen LogP contribution in [0.5, 0.6) is 0 Å². The third-order valence-corrected chi connectivity index (χ3v) is 7.07. The molecule has 4 rings (SSSR count). The number of hydrogen-bond acceptors (Lipinski definition) is 5. The SMILES string of the molecule is CC1=CC(C)CC(C)=C1N([O-])[C@@H]1C(=O)CC1(c1ccccc1)N([O-])c1c(C)cc(C)cc1C. The van der Waals surface area contributed by atoms with Crippen LogP contribution in [0.3, 0.4) is 0 Å². The fourth-order valence-corrected chi connectivity index (χ4v) is 5.87. The maximum atomic E-state index is 14.2. The fraction of sp³-hybridized carbons (Fsp3) is 0.393. The number of carbonyl (C=O) groups is 1. The van der Waals surface area contributed by atoms with Crippen LogP contribution in [0.1, 0.15) is 55.9 Å². The topological polar surface area (TPSA) is 69.7 Å². The molecule has 3 atom stereocenters. The Kier molecular flexibility index (Phi) is 5.97. The Morgan fingerprint density at radius 1 is 0.970 bits per heavy atom. The van der Waals surface area contributed by atoms with Crippen molar-refractivity contribution in [1.82, 2.24) is 5.06 Å². The van der Waals surface area contributed by atoms with Crippen LogP contribution in [0.4, 0.5) is 5.69 Å². The van der Waals surface area contributed by atoms with Crippen LogP contribution in [0, 0.1) is 37.1 Å². The lowest BCUT2D eigenvalue weighted by Crippen LogP contribution is -2.69. The van der Waals surface area contributed by atoms with Crippen molar-refractivity contribution in [2.75, 3.05) is 5.06 Å². The Bertz CT molecular complexity index is 1130. The first-order valence-corrected chi connectivity index (χ1v) is 11.6. The van der Waals surface area contributed by atoms with Gasteiger partial charge in [-0.3, -0.25) is 4.79 Å². The Hall–Kier alpha value is -2.89. The third-order valence-electron chi connectivity index (χ3n) is 7.07. The summed E-state index contributed by atoms with van der Waals surface area (Å²) in [5.74, 6) is 0.135. The number of nitrogens with zero attached hydrogens (tertiary/aromatic N) is 2. The van der Waals surface area contributed by atoms with Crippen molar-refractivity contribution in [1.29, 1.82) is 0 Å². The summed E-state index contributed by atoms with van der Waals surface area (Å²) in [7, 11) is 0. The zero-order valence-corrected chi connectivity index (χ0v) is 20.3. The molecule has 5 nitrogen and oxygen atoms in total. The molecule has 0 amide bonds. The first-order chi connectivity index (χ1) is 15.6. The molecule has 33 heavy (non-hydrogen) atoms. The number of hydrogen-bond donors (Lipinski definition) is 0. The summed E-state index contributed by atoms with van der Waals surface area (Å²) in [6.07, 6.45) is 2.84. The van der Waals surface area contributed by atoms with Crippen LogP contribution in [0.25, 0.3) is 0 Å². The van der Waals surface area contributed by atoms with Gasteiger partial charge in [-0.05, 0) is 74.8 Å². The van der Waals surface area contributed by atoms with Gasteiger partial charge in [-0.15, -0.1) is 0 Å². The first kappa shape index (κ1) is 23.3. The monoisotopic (exact) mass is 444 g/mol. The molecular weight excluding hydrogens is 412 g/mol. The van der Waals surface area contributed by atoms with Crippen LogP contribution in [0.15, 0.2) is 65.4 Å². The van der Waals surface area contributed by atoms with Crippen molar-refractivity contribution in [3.8, 4) is 0 Å². The highest BCUT2D eigenvalue weighted by Gasteiger charge is 2.57. The Morgan fingerprint density at radius 2 is 1.58 bits per heavy atom. The van der Waals surface area contributed by atoms with Crippen molar-refractivity contribution in [3.05, 3.63) is 98.1 Å². The van der Waals surface area contributed by atoms with Gasteiger partial charge in [-0.25, -0.2) is 0 Å². The van der Waals surface area contributed by atoms with Crippen molar-refractivity contribution in [3.63, 3.8) is 0 Å². The number of allylic oxidation sites excluding steroid dienone is 3. The summed E-state index contributed by atoms with van der Waals surface area (Å²) in [4.78, 5) is 13.1. The van der Waals surface area contributed by atoms with E-state index in [0.717, 1.165) is 44.4 Å². The summed E-state index contributed by atoms with van der Waals surface area (Å²) < 4.78 is 0. The molecule has 0 N–H and O–H groups in total. The Morgan fingerprint density at radius 3 is 2.12 bits per heavy atom. The molecule has 1 fully saturated rings. The number of carbonyl (C=O) groups excluding carboxylic acids is 1. The molecule has 1 saturated carbocycles. The average molecular weight is 445 g/mol. The Labute approximate surface area is 196 Å². The highest BCUT2D eigenvalue weighted by Crippen LogP contribution is 2.51. The first-order valence-electron chi connectivity index (χ1n) is 11.6. The van der Waals surface area contributed by atoms with Crippen molar-refractivity contribution in [2.24, 2.45) is 5.92 Å². The lowest BCUT2D eigenvalue weighted by molar-refractivity contribution is -0.136. The van der Waals surface area contributed by atoms with Gasteiger partial charge in [0.05, 0.1) is 5.54 Å². The van der Waals surface area contributed by atoms with Gasteiger partial charge in [0, 0.05) is 17.8 Å². The zero-order valence-electron chi connectivity index (χ0n) is 20.3. The molecule has 0 radical (unpaired) electrons. The largest absolute Gasteiger partial charge is 0.758 e. The fourth-order valence-electron chi connectivity index (χ4n) is 5.87. The summed E-state index contributed by atoms with van der Waals surface area (Å²) in [5.41, 5.74) is 5.04. The quantitative estimate of drug-likeness (QED) is 0.513. The standard InChI is InChI=1S/C28H32N2O3/c1-17-12-19(3)25(20(4)13-17)29(32)27-24(31)16-28(27,23-10-8-7-9-11-23)30(33)26-21(5)14-18(2)15-22(26)6/h7-12,14-15,17,27H,13,16H2,1-6H3/q-2/t17?,27-,28?/m1/s1. The summed E-state index contributed by atoms with van der Waals surface area (Å²) in [5, 5.41) is 29.9. The Balaban J connectivity index is 1.88. The van der Waals surface area contributed by atoms with E-state index in [1.807, 2.05) is 77.1 Å². The van der Waals surface area contributed by atoms with E-state index in [9.17, 15) is 15.2 Å². The van der Waals surface area contributed by atoms with E-state index in [1.165, 1.54) is 0 Å². The van der Waals surface area contributed by atoms with Gasteiger partial charge in [-0.2, -0.15) is 0 Å². The molecule has 2 aromatic carbocycles. The summed E-state index contributed by atoms with van der Waals surface area (Å²) in [6, 6.07) is 12.1. The second-order valence-corrected chi connectivity index (χ2v) is 9.86. The summed E-state index contributed by atoms with van der Waals surface area (Å²) in [6.45, 7) is 11.8. The van der Waals surface area contributed by atoms with Crippen LogP contribution in [-0.4, -0.2) is 16.9 Å². The second-order valence-electron chi connectivity index (χ2n) is 9.86. The van der Waals surface area contributed by atoms with Gasteiger partial charge in [0.15, 0.2) is 5.78 Å². The van der Waals surface area contributed by atoms with Gasteiger partial charge in [0.1, 0.15) is 6.04 Å². The normalized spacial score (nSPS) is 25.0. The van der Waals surface area contributed by atoms with E-state index < -0.39 is 11.6 Å². The number of anilines is 1. The van der Waals surface area contributed by atoms with E-state index >= 15 is 0 Å². The summed E-state index contributed by atoms with van der Waals surface area (Å²) >= 11 is 0. The van der Waals surface area contributed by atoms with Crippen LogP contribution < -0.4 is 5.06 Å². The molecule has 0 aliphatic heterocycles. The van der Waals surface area contributed by atoms with Gasteiger partial charge in [0.2, 0.25) is 0 Å². The predicted octanol–water partition coefficient (Wildman–Crippen LogP) is 6.21. The molecule has 0 spiro atoms. The molecule has 174 valence electrons. The molecule has 0 aromatic heterocycles. The lowest BCUT2D eigenvalue weighted by Gasteiger charge is -2.64. The maximum absolute atomic E-state index is 14.2. The molecule has 5 heteroatoms. The van der Waals surface area contributed by atoms with Crippen molar-refractivity contribution < 1.29 is 4.79 Å². The third kappa shape index (κ3) is 3.69. The number of Topliss-reactive ketones (excluding diaryl/α,β-unsaturated/α-hetero) is 1. The van der Waals surface area contributed by atoms with E-state index in [4.69, 9.17) is 0 Å². The smallest absolute Gasteiger partial charge is 0.159 e. The number of hydroxylamine groups is 3. The molecule has 0 heterocycles. The second kappa shape index (κ2) is 8.47. The number of rotatable bonds is 5. The van der Waals surface area contributed by atoms with Gasteiger partial charge in [0.25, 0.3) is 0 Å². The molecule has 2 aliphatic rings. The van der Waals surface area contributed by atoms with Crippen LogP contribution in [-0.2, 0) is 10.3 Å². The maximum Gasteiger partial charge on any atom is 0.159 e. The minimum absolute atomic E-state index is 0.00215. The van der Waals surface area contributed by atoms with Crippen molar-refractivity contribution >= 4 is 11.5 Å². The van der Waals surface area contributed by atoms with Crippen LogP contribution in [0.2, 0.25) is 0 Å². The van der Waals surface area contributed by atoms with Gasteiger partial charge in [-0.1, -0.05) is 61.0 Å². The van der Waals surface area contributed by atoms with E-state index in [-0.39, 0.29) is 12.2 Å². The number of aryl methyl sites for hydroxylation is 3.